The van der Waals surface area contributed by atoms with Gasteiger partial charge in [0.15, 0.2) is 0 Å². The molecule has 1 heterocycles. The van der Waals surface area contributed by atoms with E-state index in [1.54, 1.807) is 6.07 Å². The maximum atomic E-state index is 12.1. The van der Waals surface area contributed by atoms with Crippen LogP contribution in [0.3, 0.4) is 0 Å². The van der Waals surface area contributed by atoms with Gasteiger partial charge in [-0.3, -0.25) is 9.59 Å². The number of nitrogens with one attached hydrogen (secondary N) is 2. The van der Waals surface area contributed by atoms with Gasteiger partial charge in [0.25, 0.3) is 5.91 Å². The third kappa shape index (κ3) is 2.30. The number of fused-ring (bicyclic) bond motifs is 1. The van der Waals surface area contributed by atoms with Crippen molar-refractivity contribution in [3.8, 4) is 0 Å². The number of amides is 1. The summed E-state index contributed by atoms with van der Waals surface area (Å²) in [5.74, 6) is -0.231. The zero-order chi connectivity index (χ0) is 14.1. The molecule has 0 saturated heterocycles. The molecule has 1 unspecified atom stereocenters. The van der Waals surface area contributed by atoms with Crippen LogP contribution in [0.4, 0.5) is 5.69 Å². The number of benzene rings is 1. The molecule has 4 N–H and O–H groups in total. The lowest BCUT2D eigenvalue weighted by Gasteiger charge is -2.14. The number of nitrogen functional groups attached to an aromatic ring is 1. The first-order valence-electron chi connectivity index (χ1n) is 6.51. The first kappa shape index (κ1) is 12.5. The largest absolute Gasteiger partial charge is 0.399 e. The van der Waals surface area contributed by atoms with Gasteiger partial charge in [0, 0.05) is 23.5 Å². The number of aromatic amines is 1. The predicted octanol–water partition coefficient (Wildman–Crippen LogP) is 1.37. The van der Waals surface area contributed by atoms with Crippen molar-refractivity contribution in [2.24, 2.45) is 0 Å². The van der Waals surface area contributed by atoms with Crippen LogP contribution in [0.25, 0.3) is 0 Å². The first-order chi connectivity index (χ1) is 9.63. The Morgan fingerprint density at radius 1 is 1.30 bits per heavy atom. The van der Waals surface area contributed by atoms with E-state index in [-0.39, 0.29) is 17.5 Å². The van der Waals surface area contributed by atoms with Crippen LogP contribution >= 0.6 is 0 Å². The fourth-order valence-corrected chi connectivity index (χ4v) is 2.61. The van der Waals surface area contributed by atoms with Crippen LogP contribution < -0.4 is 16.6 Å². The number of rotatable bonds is 2. The molecule has 0 saturated carbocycles. The van der Waals surface area contributed by atoms with Gasteiger partial charge in [0.2, 0.25) is 5.56 Å². The lowest BCUT2D eigenvalue weighted by Crippen LogP contribution is -2.28. The Labute approximate surface area is 115 Å². The van der Waals surface area contributed by atoms with Crippen LogP contribution in [-0.2, 0) is 6.42 Å². The molecule has 5 nitrogen and oxygen atoms in total. The molecule has 0 bridgehead atoms. The highest BCUT2D eigenvalue weighted by Gasteiger charge is 2.24. The minimum absolute atomic E-state index is 0.0163. The molecule has 0 aliphatic heterocycles. The van der Waals surface area contributed by atoms with Crippen molar-refractivity contribution < 1.29 is 4.79 Å². The highest BCUT2D eigenvalue weighted by atomic mass is 16.2. The number of hydrogen-bond donors (Lipinski definition) is 3. The number of hydrogen-bond acceptors (Lipinski definition) is 3. The van der Waals surface area contributed by atoms with Gasteiger partial charge in [-0.2, -0.15) is 0 Å². The van der Waals surface area contributed by atoms with Crippen molar-refractivity contribution in [1.82, 2.24) is 10.3 Å². The van der Waals surface area contributed by atoms with Gasteiger partial charge in [0.1, 0.15) is 0 Å². The lowest BCUT2D eigenvalue weighted by molar-refractivity contribution is 0.0936. The Morgan fingerprint density at radius 3 is 2.95 bits per heavy atom. The molecular formula is C15H15N3O2. The van der Waals surface area contributed by atoms with Crippen LogP contribution in [-0.4, -0.2) is 10.9 Å². The Balaban J connectivity index is 1.80. The molecule has 20 heavy (non-hydrogen) atoms. The number of carbonyl (C=O) groups excluding carboxylic acids is 1. The van der Waals surface area contributed by atoms with Crippen molar-refractivity contribution in [2.45, 2.75) is 18.9 Å². The molecule has 1 amide bonds. The minimum Gasteiger partial charge on any atom is -0.399 e. The van der Waals surface area contributed by atoms with Crippen LogP contribution in [0.1, 0.15) is 33.9 Å². The number of nitrogens with two attached hydrogens (primary N) is 1. The smallest absolute Gasteiger partial charge is 0.252 e. The average molecular weight is 269 g/mol. The van der Waals surface area contributed by atoms with Gasteiger partial charge >= 0.3 is 0 Å². The maximum Gasteiger partial charge on any atom is 0.252 e. The van der Waals surface area contributed by atoms with E-state index < -0.39 is 0 Å². The lowest BCUT2D eigenvalue weighted by atomic mass is 10.1. The molecule has 2 aromatic rings. The second kappa shape index (κ2) is 4.85. The van der Waals surface area contributed by atoms with Crippen molar-refractivity contribution in [1.29, 1.82) is 0 Å². The van der Waals surface area contributed by atoms with Crippen molar-refractivity contribution in [3.63, 3.8) is 0 Å². The first-order valence-corrected chi connectivity index (χ1v) is 6.51. The van der Waals surface area contributed by atoms with E-state index in [4.69, 9.17) is 5.73 Å². The molecule has 0 radical (unpaired) electrons. The molecule has 0 spiro atoms. The number of aryl methyl sites for hydroxylation is 1. The molecule has 1 atom stereocenters. The Morgan fingerprint density at radius 2 is 2.15 bits per heavy atom. The van der Waals surface area contributed by atoms with Crippen LogP contribution in [0.5, 0.6) is 0 Å². The highest BCUT2D eigenvalue weighted by molar-refractivity contribution is 5.94. The van der Waals surface area contributed by atoms with Gasteiger partial charge < -0.3 is 16.0 Å². The molecule has 102 valence electrons. The van der Waals surface area contributed by atoms with Crippen molar-refractivity contribution in [3.05, 3.63) is 63.6 Å². The summed E-state index contributed by atoms with van der Waals surface area (Å²) in [7, 11) is 0. The average Bonchev–Trinajstić information content (AvgIpc) is 2.81. The SMILES string of the molecule is Nc1ccc2c(c1)CCC2NC(=O)c1cc[nH]c(=O)c1. The normalized spacial score (nSPS) is 16.7. The second-order valence-corrected chi connectivity index (χ2v) is 4.96. The summed E-state index contributed by atoms with van der Waals surface area (Å²) in [4.78, 5) is 25.9. The van der Waals surface area contributed by atoms with Gasteiger partial charge in [-0.1, -0.05) is 6.07 Å². The van der Waals surface area contributed by atoms with Crippen LogP contribution in [0.15, 0.2) is 41.3 Å². The van der Waals surface area contributed by atoms with Gasteiger partial charge in [-0.15, -0.1) is 0 Å². The van der Waals surface area contributed by atoms with E-state index in [0.717, 1.165) is 24.1 Å². The topological polar surface area (TPSA) is 88.0 Å². The zero-order valence-electron chi connectivity index (χ0n) is 10.8. The fraction of sp³-hybridized carbons (Fsp3) is 0.200. The maximum absolute atomic E-state index is 12.1. The number of anilines is 1. The van der Waals surface area contributed by atoms with Gasteiger partial charge in [0.05, 0.1) is 6.04 Å². The van der Waals surface area contributed by atoms with Gasteiger partial charge in [-0.05, 0) is 42.2 Å². The summed E-state index contributed by atoms with van der Waals surface area (Å²) in [6.45, 7) is 0. The molecule has 1 aliphatic carbocycles. The fourth-order valence-electron chi connectivity index (χ4n) is 2.61. The van der Waals surface area contributed by atoms with E-state index in [2.05, 4.69) is 10.3 Å². The Kier molecular flexibility index (Phi) is 3.02. The number of H-pyrrole nitrogens is 1. The zero-order valence-corrected chi connectivity index (χ0v) is 10.8. The Hall–Kier alpha value is -2.56. The van der Waals surface area contributed by atoms with E-state index in [1.807, 2.05) is 18.2 Å². The molecule has 1 aromatic heterocycles. The van der Waals surface area contributed by atoms with Crippen molar-refractivity contribution >= 4 is 11.6 Å². The molecule has 5 heteroatoms. The molecule has 3 rings (SSSR count). The third-order valence-electron chi connectivity index (χ3n) is 3.59. The monoisotopic (exact) mass is 269 g/mol. The molecular weight excluding hydrogens is 254 g/mol. The van der Waals surface area contributed by atoms with Gasteiger partial charge in [-0.25, -0.2) is 0 Å². The minimum atomic E-state index is -0.280. The Bertz CT molecular complexity index is 721. The number of carbonyl (C=O) groups is 1. The third-order valence-corrected chi connectivity index (χ3v) is 3.59. The quantitative estimate of drug-likeness (QED) is 0.719. The van der Waals surface area contributed by atoms with Crippen LogP contribution in [0.2, 0.25) is 0 Å². The molecule has 1 aliphatic rings. The number of pyridine rings is 1. The summed E-state index contributed by atoms with van der Waals surface area (Å²) in [5, 5.41) is 2.97. The second-order valence-electron chi connectivity index (χ2n) is 4.96. The standard InChI is InChI=1S/C15H15N3O2/c16-11-2-3-12-9(7-11)1-4-13(12)18-15(20)10-5-6-17-14(19)8-10/h2-3,5-8,13H,1,4,16H2,(H,17,19)(H,18,20). The summed E-state index contributed by atoms with van der Waals surface area (Å²) in [6.07, 6.45) is 3.23. The van der Waals surface area contributed by atoms with E-state index in [1.165, 1.54) is 17.8 Å². The van der Waals surface area contributed by atoms with Crippen LogP contribution in [0, 0.1) is 0 Å². The predicted molar refractivity (Wildman–Crippen MR) is 76.4 cm³/mol. The van der Waals surface area contributed by atoms with Crippen molar-refractivity contribution in [2.75, 3.05) is 5.73 Å². The summed E-state index contributed by atoms with van der Waals surface area (Å²) < 4.78 is 0. The summed E-state index contributed by atoms with van der Waals surface area (Å²) in [6, 6.07) is 8.63. The van der Waals surface area contributed by atoms with E-state index >= 15 is 0 Å². The highest BCUT2D eigenvalue weighted by Crippen LogP contribution is 2.32. The van der Waals surface area contributed by atoms with E-state index in [0.29, 0.717) is 5.56 Å². The summed E-state index contributed by atoms with van der Waals surface area (Å²) >= 11 is 0. The molecule has 0 fully saturated rings. The van der Waals surface area contributed by atoms with E-state index in [9.17, 15) is 9.59 Å². The molecule has 1 aromatic carbocycles. The number of aromatic nitrogens is 1. The summed E-state index contributed by atoms with van der Waals surface area (Å²) in [5.41, 5.74) is 8.88.